The number of phosphoric acid groups is 2. The van der Waals surface area contributed by atoms with Crippen molar-refractivity contribution < 1.29 is 66.3 Å². The van der Waals surface area contributed by atoms with Crippen LogP contribution in [0.5, 0.6) is 0 Å². The van der Waals surface area contributed by atoms with Crippen molar-refractivity contribution >= 4 is 33.4 Å². The van der Waals surface area contributed by atoms with Crippen LogP contribution >= 0.6 is 15.6 Å². The SMILES string of the molecule is CC/C=C\C/C=C\C/C=C\CCCCCCCC(=O)O[C@H](COC(=O)CCCCCCCC(=O)/C=C/C=C\CCCCC)COP(=O)(O)OC[C@@H](O)COP(=O)(O)O. The third-order valence-corrected chi connectivity index (χ3v) is 9.79. The number of carbonyl (C=O) groups excluding carboxylic acids is 3. The first kappa shape index (κ1) is 55.5. The van der Waals surface area contributed by atoms with Crippen LogP contribution in [0.4, 0.5) is 0 Å². The lowest BCUT2D eigenvalue weighted by molar-refractivity contribution is -0.161. The van der Waals surface area contributed by atoms with E-state index in [9.17, 15) is 33.5 Å². The Labute approximate surface area is 347 Å². The fourth-order valence-corrected chi connectivity index (χ4v) is 6.32. The molecular formula is C42H72O14P2. The number of esters is 2. The third-order valence-electron chi connectivity index (χ3n) is 8.36. The van der Waals surface area contributed by atoms with Gasteiger partial charge in [0.25, 0.3) is 0 Å². The molecule has 0 bridgehead atoms. The number of phosphoric ester groups is 2. The first-order chi connectivity index (χ1) is 27.8. The normalized spacial score (nSPS) is 14.6. The van der Waals surface area contributed by atoms with Crippen LogP contribution in [0.15, 0.2) is 60.8 Å². The lowest BCUT2D eigenvalue weighted by Gasteiger charge is -2.20. The second-order valence-electron chi connectivity index (χ2n) is 13.9. The largest absolute Gasteiger partial charge is 0.472 e. The molecule has 14 nitrogen and oxygen atoms in total. The fourth-order valence-electron chi connectivity index (χ4n) is 5.17. The highest BCUT2D eigenvalue weighted by Crippen LogP contribution is 2.43. The maximum Gasteiger partial charge on any atom is 0.472 e. The zero-order chi connectivity index (χ0) is 43.2. The molecule has 0 heterocycles. The molecule has 16 heteroatoms. The van der Waals surface area contributed by atoms with Crippen molar-refractivity contribution in [1.82, 2.24) is 0 Å². The average molecular weight is 863 g/mol. The van der Waals surface area contributed by atoms with E-state index in [2.05, 4.69) is 65.4 Å². The van der Waals surface area contributed by atoms with Gasteiger partial charge in [0.1, 0.15) is 12.7 Å². The highest BCUT2D eigenvalue weighted by Gasteiger charge is 2.28. The van der Waals surface area contributed by atoms with Crippen LogP contribution in [0.2, 0.25) is 0 Å². The number of rotatable bonds is 39. The topological polar surface area (TPSA) is 212 Å². The van der Waals surface area contributed by atoms with Gasteiger partial charge in [0.2, 0.25) is 0 Å². The minimum absolute atomic E-state index is 0.0835. The molecule has 0 aromatic rings. The Morgan fingerprint density at radius 3 is 1.76 bits per heavy atom. The molecule has 0 rings (SSSR count). The summed E-state index contributed by atoms with van der Waals surface area (Å²) >= 11 is 0. The summed E-state index contributed by atoms with van der Waals surface area (Å²) in [4.78, 5) is 64.6. The lowest BCUT2D eigenvalue weighted by atomic mass is 10.1. The fraction of sp³-hybridized carbons (Fsp3) is 0.690. The summed E-state index contributed by atoms with van der Waals surface area (Å²) in [6, 6.07) is 0. The number of carbonyl (C=O) groups is 3. The van der Waals surface area contributed by atoms with Crippen LogP contribution < -0.4 is 0 Å². The average Bonchev–Trinajstić information content (AvgIpc) is 3.17. The first-order valence-electron chi connectivity index (χ1n) is 20.9. The molecule has 0 aromatic carbocycles. The van der Waals surface area contributed by atoms with Gasteiger partial charge in [0.05, 0.1) is 19.8 Å². The molecule has 0 aliphatic carbocycles. The Balaban J connectivity index is 4.66. The van der Waals surface area contributed by atoms with Crippen LogP contribution in [-0.4, -0.2) is 76.1 Å². The van der Waals surface area contributed by atoms with Crippen LogP contribution in [0.25, 0.3) is 0 Å². The first-order valence-corrected chi connectivity index (χ1v) is 24.0. The molecule has 3 atom stereocenters. The van der Waals surface area contributed by atoms with Crippen molar-refractivity contribution in [2.24, 2.45) is 0 Å². The smallest absolute Gasteiger partial charge is 0.462 e. The van der Waals surface area contributed by atoms with Crippen molar-refractivity contribution in [3.8, 4) is 0 Å². The molecule has 0 fully saturated rings. The van der Waals surface area contributed by atoms with Gasteiger partial charge in [-0.25, -0.2) is 9.13 Å². The summed E-state index contributed by atoms with van der Waals surface area (Å²) < 4.78 is 47.6. The number of aliphatic hydroxyl groups is 1. The molecule has 0 amide bonds. The number of allylic oxidation sites excluding steroid dienone is 10. The highest BCUT2D eigenvalue weighted by molar-refractivity contribution is 7.47. The quantitative estimate of drug-likeness (QED) is 0.0113. The van der Waals surface area contributed by atoms with Crippen molar-refractivity contribution in [2.45, 2.75) is 161 Å². The van der Waals surface area contributed by atoms with E-state index >= 15 is 0 Å². The van der Waals surface area contributed by atoms with Crippen LogP contribution in [0.3, 0.4) is 0 Å². The van der Waals surface area contributed by atoms with Gasteiger partial charge in [-0.15, -0.1) is 0 Å². The Morgan fingerprint density at radius 2 is 1.10 bits per heavy atom. The number of ketones is 1. The van der Waals surface area contributed by atoms with Crippen molar-refractivity contribution in [2.75, 3.05) is 26.4 Å². The molecular weight excluding hydrogens is 790 g/mol. The van der Waals surface area contributed by atoms with Gasteiger partial charge in [0.15, 0.2) is 11.9 Å². The Hall–Kier alpha value is -2.51. The minimum Gasteiger partial charge on any atom is -0.462 e. The summed E-state index contributed by atoms with van der Waals surface area (Å²) in [7, 11) is -9.72. The number of aliphatic hydroxyl groups excluding tert-OH is 1. The predicted molar refractivity (Wildman–Crippen MR) is 226 cm³/mol. The molecule has 334 valence electrons. The number of unbranched alkanes of at least 4 members (excludes halogenated alkanes) is 12. The minimum atomic E-state index is -4.88. The summed E-state index contributed by atoms with van der Waals surface area (Å²) in [6.07, 6.45) is 34.7. The highest BCUT2D eigenvalue weighted by atomic mass is 31.2. The van der Waals surface area contributed by atoms with E-state index < -0.39 is 66.2 Å². The lowest BCUT2D eigenvalue weighted by Crippen LogP contribution is -2.30. The molecule has 1 unspecified atom stereocenters. The van der Waals surface area contributed by atoms with E-state index in [4.69, 9.17) is 23.8 Å². The maximum atomic E-state index is 12.6. The van der Waals surface area contributed by atoms with Crippen LogP contribution in [0.1, 0.15) is 149 Å². The molecule has 0 saturated heterocycles. The van der Waals surface area contributed by atoms with E-state index in [-0.39, 0.29) is 18.6 Å². The molecule has 4 N–H and O–H groups in total. The molecule has 0 spiro atoms. The molecule has 0 aliphatic rings. The van der Waals surface area contributed by atoms with Gasteiger partial charge in [0, 0.05) is 19.3 Å². The van der Waals surface area contributed by atoms with Crippen molar-refractivity contribution in [1.29, 1.82) is 0 Å². The zero-order valence-electron chi connectivity index (χ0n) is 34.9. The summed E-state index contributed by atoms with van der Waals surface area (Å²) in [5.41, 5.74) is 0. The molecule has 0 aliphatic heterocycles. The van der Waals surface area contributed by atoms with E-state index in [1.54, 1.807) is 12.2 Å². The zero-order valence-corrected chi connectivity index (χ0v) is 36.7. The van der Waals surface area contributed by atoms with Crippen molar-refractivity contribution in [3.05, 3.63) is 60.8 Å². The van der Waals surface area contributed by atoms with Gasteiger partial charge in [-0.1, -0.05) is 120 Å². The van der Waals surface area contributed by atoms with Gasteiger partial charge in [-0.2, -0.15) is 0 Å². The number of hydrogen-bond donors (Lipinski definition) is 4. The van der Waals surface area contributed by atoms with E-state index in [1.807, 2.05) is 6.08 Å². The molecule has 58 heavy (non-hydrogen) atoms. The van der Waals surface area contributed by atoms with Gasteiger partial charge in [-0.05, 0) is 70.3 Å². The van der Waals surface area contributed by atoms with Gasteiger partial charge in [-0.3, -0.25) is 28.0 Å². The van der Waals surface area contributed by atoms with Crippen LogP contribution in [0, 0.1) is 0 Å². The monoisotopic (exact) mass is 862 g/mol. The van der Waals surface area contributed by atoms with E-state index in [0.717, 1.165) is 89.9 Å². The van der Waals surface area contributed by atoms with E-state index in [0.29, 0.717) is 19.3 Å². The Morgan fingerprint density at radius 1 is 0.569 bits per heavy atom. The second kappa shape index (κ2) is 37.5. The molecule has 0 radical (unpaired) electrons. The van der Waals surface area contributed by atoms with E-state index in [1.165, 1.54) is 12.8 Å². The molecule has 0 aromatic heterocycles. The second-order valence-corrected chi connectivity index (χ2v) is 16.6. The van der Waals surface area contributed by atoms with Crippen LogP contribution in [-0.2, 0) is 46.6 Å². The number of hydrogen-bond acceptors (Lipinski definition) is 11. The van der Waals surface area contributed by atoms with Crippen molar-refractivity contribution in [3.63, 3.8) is 0 Å². The third kappa shape index (κ3) is 40.3. The van der Waals surface area contributed by atoms with Gasteiger partial charge < -0.3 is 29.3 Å². The Kier molecular flexibility index (Phi) is 35.9. The molecule has 0 saturated carbocycles. The predicted octanol–water partition coefficient (Wildman–Crippen LogP) is 9.63. The Bertz CT molecular complexity index is 1320. The summed E-state index contributed by atoms with van der Waals surface area (Å²) in [6.45, 7) is 1.43. The number of ether oxygens (including phenoxy) is 2. The van der Waals surface area contributed by atoms with Gasteiger partial charge >= 0.3 is 27.6 Å². The maximum absolute atomic E-state index is 12.6. The standard InChI is InChI=1S/C42H72O14P2/c1-3-5-7-9-11-12-13-14-15-16-17-18-20-24-29-33-42(46)56-40(37-55-58(50,51)54-35-39(44)34-53-57(47,48)49)36-52-41(45)32-28-25-21-23-27-31-38(43)30-26-22-19-10-8-6-4-2/h5,7,11-12,14-15,19,22,26,30,39-40,44H,3-4,6,8-10,13,16-18,20-21,23-25,27-29,31-37H2,1-2H3,(H,50,51)(H2,47,48,49)/b7-5-,12-11-,15-14-,22-19-,30-26+/t39-,40+/m0/s1. The summed E-state index contributed by atoms with van der Waals surface area (Å²) in [5, 5.41) is 9.73. The summed E-state index contributed by atoms with van der Waals surface area (Å²) in [5.74, 6) is -1.07.